The third-order valence-corrected chi connectivity index (χ3v) is 14.0. The van der Waals surface area contributed by atoms with Crippen molar-refractivity contribution in [2.45, 2.75) is 82.5 Å². The highest BCUT2D eigenvalue weighted by molar-refractivity contribution is 8.01. The summed E-state index contributed by atoms with van der Waals surface area (Å²) in [6.45, 7) is 7.65. The number of carbonyl (C=O) groups excluding carboxylic acids is 2. The van der Waals surface area contributed by atoms with Crippen LogP contribution in [-0.2, 0) is 31.7 Å². The molecule has 0 radical (unpaired) electrons. The number of rotatable bonds is 3. The zero-order valence-electron chi connectivity index (χ0n) is 27.4. The van der Waals surface area contributed by atoms with Gasteiger partial charge >= 0.3 is 0 Å². The van der Waals surface area contributed by atoms with Crippen molar-refractivity contribution in [1.82, 2.24) is 9.44 Å². The van der Waals surface area contributed by atoms with Crippen molar-refractivity contribution in [3.63, 3.8) is 0 Å². The van der Waals surface area contributed by atoms with Crippen LogP contribution in [0, 0.1) is 17.8 Å². The lowest BCUT2D eigenvalue weighted by atomic mass is 9.68. The standard InChI is InChI=1S/C36H48ClN3O5S/c1-5-34(41)38-46(43)24(3)23(2)8-6-10-32(44-4)29-14-11-27(29)20-40-21-36(17-7-9-25-18-28(37)13-15-30(25)36)22-45-33-16-12-26(19-31(33)40)35(42)39-46/h6,10,12-13,15-16,18-19,23-24,27,29,32,46H,5,7-9,11,14,17,20-22H2,1-4H3,(H2,38,39,41,42,43)/b10-6+/t23-,24+,27-,29+,32-,36-/m0/s1. The molecule has 250 valence electrons. The van der Waals surface area contributed by atoms with Crippen LogP contribution >= 0.6 is 11.6 Å². The molecule has 2 aromatic rings. The number of carbonyl (C=O) groups is 2. The molecule has 4 aliphatic rings. The number of hydrogen-bond donors (Lipinski definition) is 3. The van der Waals surface area contributed by atoms with Gasteiger partial charge in [-0.25, -0.2) is 4.21 Å². The van der Waals surface area contributed by atoms with Crippen molar-refractivity contribution < 1.29 is 23.3 Å². The van der Waals surface area contributed by atoms with Crippen LogP contribution in [0.2, 0.25) is 5.02 Å². The van der Waals surface area contributed by atoms with E-state index >= 15 is 0 Å². The lowest BCUT2D eigenvalue weighted by Gasteiger charge is -2.46. The average molecular weight is 670 g/mol. The van der Waals surface area contributed by atoms with E-state index in [9.17, 15) is 13.8 Å². The first kappa shape index (κ1) is 33.0. The van der Waals surface area contributed by atoms with E-state index in [1.807, 2.05) is 32.0 Å². The normalized spacial score (nSPS) is 32.0. The van der Waals surface area contributed by atoms with Crippen molar-refractivity contribution >= 4 is 39.4 Å². The fraction of sp³-hybridized carbons (Fsp3) is 0.556. The highest BCUT2D eigenvalue weighted by atomic mass is 35.5. The molecule has 2 N–H and O–H groups in total. The molecule has 1 fully saturated rings. The molecule has 2 heterocycles. The zero-order valence-corrected chi connectivity index (χ0v) is 29.0. The summed E-state index contributed by atoms with van der Waals surface area (Å²) in [7, 11) is -1.90. The number of methoxy groups -OCH3 is 1. The molecule has 1 spiro atoms. The molecule has 2 aliphatic heterocycles. The Morgan fingerprint density at radius 2 is 2.04 bits per heavy atom. The number of nitrogens with one attached hydrogen (secondary N) is 2. The Balaban J connectivity index is 1.43. The van der Waals surface area contributed by atoms with E-state index in [4.69, 9.17) is 21.1 Å². The molecule has 6 atom stereocenters. The molecule has 0 aromatic heterocycles. The minimum absolute atomic E-state index is 0.0268. The van der Waals surface area contributed by atoms with E-state index in [0.717, 1.165) is 61.7 Å². The molecule has 0 unspecified atom stereocenters. The van der Waals surface area contributed by atoms with Crippen molar-refractivity contribution in [2.24, 2.45) is 17.8 Å². The van der Waals surface area contributed by atoms with Gasteiger partial charge in [-0.2, -0.15) is 0 Å². The Kier molecular flexibility index (Phi) is 9.57. The second-order valence-electron chi connectivity index (χ2n) is 13.9. The van der Waals surface area contributed by atoms with E-state index in [-0.39, 0.29) is 29.8 Å². The third kappa shape index (κ3) is 6.35. The number of ether oxygens (including phenoxy) is 2. The number of thiol groups is 1. The SMILES string of the molecule is CCC(=O)N[SH]1(=O)NC(=O)c2ccc3c(c2)N(C[C@@H]2CC[C@H]2[C@@H](OC)/C=C/C[C@H](C)[C@H]1C)C[C@@]1(CCCc2cc(Cl)ccc21)CO3. The Hall–Kier alpha value is -2.88. The Bertz CT molecular complexity index is 1560. The zero-order chi connectivity index (χ0) is 32.6. The maximum absolute atomic E-state index is 14.4. The van der Waals surface area contributed by atoms with Gasteiger partial charge in [-0.3, -0.25) is 19.0 Å². The van der Waals surface area contributed by atoms with Crippen LogP contribution in [0.4, 0.5) is 5.69 Å². The summed E-state index contributed by atoms with van der Waals surface area (Å²) in [5.41, 5.74) is 3.59. The summed E-state index contributed by atoms with van der Waals surface area (Å²) in [4.78, 5) is 28.9. The summed E-state index contributed by atoms with van der Waals surface area (Å²) >= 11 is 6.44. The van der Waals surface area contributed by atoms with Gasteiger partial charge in [0.1, 0.15) is 5.75 Å². The van der Waals surface area contributed by atoms with Gasteiger partial charge in [-0.1, -0.05) is 43.7 Å². The van der Waals surface area contributed by atoms with Gasteiger partial charge in [-0.15, -0.1) is 0 Å². The minimum Gasteiger partial charge on any atom is -0.490 e. The van der Waals surface area contributed by atoms with Crippen molar-refractivity contribution in [1.29, 1.82) is 0 Å². The number of hydrogen-bond acceptors (Lipinski definition) is 6. The number of allylic oxidation sites excluding steroid dienone is 1. The van der Waals surface area contributed by atoms with Crippen LogP contribution in [0.25, 0.3) is 0 Å². The fourth-order valence-corrected chi connectivity index (χ4v) is 10.3. The largest absolute Gasteiger partial charge is 0.490 e. The number of aryl methyl sites for hydroxylation is 1. The van der Waals surface area contributed by atoms with Crippen molar-refractivity contribution in [3.05, 3.63) is 70.3 Å². The van der Waals surface area contributed by atoms with E-state index in [0.29, 0.717) is 30.4 Å². The molecule has 10 heteroatoms. The fourth-order valence-electron chi connectivity index (χ4n) is 7.88. The second kappa shape index (κ2) is 13.3. The number of halogens is 1. The first-order valence-electron chi connectivity index (χ1n) is 16.8. The molecule has 2 aromatic carbocycles. The lowest BCUT2D eigenvalue weighted by molar-refractivity contribution is -0.119. The van der Waals surface area contributed by atoms with Crippen molar-refractivity contribution in [2.75, 3.05) is 31.7 Å². The highest BCUT2D eigenvalue weighted by Crippen LogP contribution is 2.47. The maximum atomic E-state index is 14.4. The highest BCUT2D eigenvalue weighted by Gasteiger charge is 2.44. The molecule has 2 aliphatic carbocycles. The Morgan fingerprint density at radius 1 is 1.22 bits per heavy atom. The third-order valence-electron chi connectivity index (χ3n) is 11.0. The molecule has 8 nitrogen and oxygen atoms in total. The summed E-state index contributed by atoms with van der Waals surface area (Å²) in [5, 5.41) is 0.267. The van der Waals surface area contributed by atoms with E-state index < -0.39 is 21.5 Å². The summed E-state index contributed by atoms with van der Waals surface area (Å²) in [5.74, 6) is 0.619. The van der Waals surface area contributed by atoms with Crippen LogP contribution < -0.4 is 19.1 Å². The van der Waals surface area contributed by atoms with Gasteiger partial charge < -0.3 is 14.4 Å². The maximum Gasteiger partial charge on any atom is 0.262 e. The second-order valence-corrected chi connectivity index (χ2v) is 16.9. The van der Waals surface area contributed by atoms with Crippen molar-refractivity contribution in [3.8, 4) is 5.75 Å². The molecule has 6 rings (SSSR count). The lowest BCUT2D eigenvalue weighted by Crippen LogP contribution is -2.56. The van der Waals surface area contributed by atoms with Gasteiger partial charge in [0.2, 0.25) is 5.91 Å². The number of nitrogens with zero attached hydrogens (tertiary/aromatic N) is 1. The summed E-state index contributed by atoms with van der Waals surface area (Å²) < 4.78 is 32.6. The number of amides is 2. The molecule has 0 saturated heterocycles. The van der Waals surface area contributed by atoms with Gasteiger partial charge in [0.05, 0.1) is 18.4 Å². The molecule has 1 saturated carbocycles. The summed E-state index contributed by atoms with van der Waals surface area (Å²) in [6, 6.07) is 11.7. The monoisotopic (exact) mass is 669 g/mol. The van der Waals surface area contributed by atoms with E-state index in [1.165, 1.54) is 11.1 Å². The van der Waals surface area contributed by atoms with Gasteiger partial charge in [-0.05, 0) is 105 Å². The van der Waals surface area contributed by atoms with Gasteiger partial charge in [0, 0.05) is 58.2 Å². The first-order valence-corrected chi connectivity index (χ1v) is 18.9. The minimum atomic E-state index is -3.68. The topological polar surface area (TPSA) is 97.0 Å². The van der Waals surface area contributed by atoms with E-state index in [2.05, 4.69) is 38.6 Å². The van der Waals surface area contributed by atoms with Crippen LogP contribution in [0.5, 0.6) is 5.75 Å². The number of fused-ring (bicyclic) bond motifs is 4. The summed E-state index contributed by atoms with van der Waals surface area (Å²) in [6.07, 6.45) is 10.3. The van der Waals surface area contributed by atoms with Gasteiger partial charge in [0.15, 0.2) is 0 Å². The Labute approximate surface area is 279 Å². The van der Waals surface area contributed by atoms with Crippen LogP contribution in [0.3, 0.4) is 0 Å². The molecule has 2 amide bonds. The quantitative estimate of drug-likeness (QED) is 0.277. The predicted octanol–water partition coefficient (Wildman–Crippen LogP) is 5.94. The van der Waals surface area contributed by atoms with E-state index in [1.54, 1.807) is 20.1 Å². The first-order chi connectivity index (χ1) is 22.1. The molecule has 2 bridgehead atoms. The molecular formula is C36H48ClN3O5S. The van der Waals surface area contributed by atoms with Crippen LogP contribution in [0.15, 0.2) is 48.6 Å². The predicted molar refractivity (Wildman–Crippen MR) is 185 cm³/mol. The number of benzene rings is 2. The smallest absolute Gasteiger partial charge is 0.262 e. The molecular weight excluding hydrogens is 622 g/mol. The Morgan fingerprint density at radius 3 is 2.78 bits per heavy atom. The van der Waals surface area contributed by atoms with Crippen LogP contribution in [-0.4, -0.2) is 54.2 Å². The average Bonchev–Trinajstić information content (AvgIpc) is 3.18. The van der Waals surface area contributed by atoms with Crippen LogP contribution in [0.1, 0.15) is 80.8 Å². The van der Waals surface area contributed by atoms with Gasteiger partial charge in [0.25, 0.3) is 5.91 Å². The number of anilines is 1. The molecule has 46 heavy (non-hydrogen) atoms.